The Kier molecular flexibility index (Phi) is 6.39. The average molecular weight is 342 g/mol. The lowest BCUT2D eigenvalue weighted by Crippen LogP contribution is -2.37. The van der Waals surface area contributed by atoms with Gasteiger partial charge in [0.15, 0.2) is 18.1 Å². The molecule has 25 heavy (non-hydrogen) atoms. The van der Waals surface area contributed by atoms with Gasteiger partial charge >= 0.3 is 0 Å². The number of benzene rings is 2. The maximum atomic E-state index is 12.1. The third kappa shape index (κ3) is 5.24. The van der Waals surface area contributed by atoms with Crippen molar-refractivity contribution in [3.8, 4) is 11.5 Å². The normalized spacial score (nSPS) is 10.2. The molecule has 2 aromatic carbocycles. The molecule has 0 saturated carbocycles. The van der Waals surface area contributed by atoms with Gasteiger partial charge in [0.2, 0.25) is 5.91 Å². The van der Waals surface area contributed by atoms with E-state index >= 15 is 0 Å². The molecule has 0 fully saturated rings. The van der Waals surface area contributed by atoms with Crippen LogP contribution in [0.25, 0.3) is 0 Å². The van der Waals surface area contributed by atoms with Crippen molar-refractivity contribution in [2.75, 3.05) is 25.5 Å². The molecule has 0 heterocycles. The van der Waals surface area contributed by atoms with E-state index in [0.717, 1.165) is 17.7 Å². The Labute approximate surface area is 147 Å². The van der Waals surface area contributed by atoms with Crippen LogP contribution in [0.1, 0.15) is 12.5 Å². The maximum absolute atomic E-state index is 12.1. The van der Waals surface area contributed by atoms with Crippen LogP contribution in [0.4, 0.5) is 5.69 Å². The Morgan fingerprint density at radius 1 is 1.12 bits per heavy atom. The van der Waals surface area contributed by atoms with E-state index < -0.39 is 0 Å². The van der Waals surface area contributed by atoms with Crippen LogP contribution in [0.3, 0.4) is 0 Å². The summed E-state index contributed by atoms with van der Waals surface area (Å²) in [6.45, 7) is 1.67. The smallest absolute Gasteiger partial charge is 0.260 e. The lowest BCUT2D eigenvalue weighted by molar-refractivity contribution is -0.135. The number of nitrogens with zero attached hydrogens (tertiary/aromatic N) is 1. The summed E-state index contributed by atoms with van der Waals surface area (Å²) in [4.78, 5) is 25.5. The second-order valence-corrected chi connectivity index (χ2v) is 5.57. The van der Waals surface area contributed by atoms with Gasteiger partial charge < -0.3 is 20.1 Å². The largest absolute Gasteiger partial charge is 0.504 e. The number of aromatic hydroxyl groups is 1. The van der Waals surface area contributed by atoms with Gasteiger partial charge in [-0.15, -0.1) is 0 Å². The number of hydrogen-bond donors (Lipinski definition) is 2. The van der Waals surface area contributed by atoms with E-state index in [0.29, 0.717) is 0 Å². The molecule has 0 spiro atoms. The third-order valence-electron chi connectivity index (χ3n) is 3.70. The fourth-order valence-electron chi connectivity index (χ4n) is 2.27. The zero-order valence-electron chi connectivity index (χ0n) is 14.4. The minimum absolute atomic E-state index is 0.0353. The summed E-state index contributed by atoms with van der Waals surface area (Å²) >= 11 is 0. The number of anilines is 1. The fourth-order valence-corrected chi connectivity index (χ4v) is 2.27. The van der Waals surface area contributed by atoms with E-state index in [1.165, 1.54) is 18.0 Å². The molecule has 0 saturated heterocycles. The molecule has 132 valence electrons. The van der Waals surface area contributed by atoms with E-state index in [2.05, 4.69) is 5.32 Å². The van der Waals surface area contributed by atoms with Crippen molar-refractivity contribution in [3.63, 3.8) is 0 Å². The molecule has 2 aromatic rings. The average Bonchev–Trinajstić information content (AvgIpc) is 2.61. The first kappa shape index (κ1) is 18.3. The Balaban J connectivity index is 1.86. The number of aryl methyl sites for hydroxylation is 1. The number of phenolic OH excluding ortho intramolecular Hbond substituents is 1. The van der Waals surface area contributed by atoms with E-state index in [1.54, 1.807) is 18.2 Å². The standard InChI is InChI=1S/C19H22N2O4/c1-3-14-8-4-5-9-15(14)20-18(23)12-21(2)19(24)13-25-17-11-7-6-10-16(17)22/h4-11,22H,3,12-13H2,1-2H3,(H,20,23). The molecule has 0 aromatic heterocycles. The quantitative estimate of drug-likeness (QED) is 0.810. The van der Waals surface area contributed by atoms with Gasteiger partial charge in [0.1, 0.15) is 0 Å². The van der Waals surface area contributed by atoms with Crippen molar-refractivity contribution in [1.82, 2.24) is 4.90 Å². The highest BCUT2D eigenvalue weighted by atomic mass is 16.5. The van der Waals surface area contributed by atoms with Crippen LogP contribution >= 0.6 is 0 Å². The van der Waals surface area contributed by atoms with Gasteiger partial charge in [-0.1, -0.05) is 37.3 Å². The molecule has 0 bridgehead atoms. The number of ether oxygens (including phenoxy) is 1. The number of hydrogen-bond acceptors (Lipinski definition) is 4. The lowest BCUT2D eigenvalue weighted by atomic mass is 10.1. The van der Waals surface area contributed by atoms with Crippen molar-refractivity contribution in [1.29, 1.82) is 0 Å². The zero-order valence-corrected chi connectivity index (χ0v) is 14.4. The third-order valence-corrected chi connectivity index (χ3v) is 3.70. The molecule has 0 aliphatic carbocycles. The lowest BCUT2D eigenvalue weighted by Gasteiger charge is -2.18. The summed E-state index contributed by atoms with van der Waals surface area (Å²) in [5.74, 6) is -0.445. The number of phenols is 1. The minimum atomic E-state index is -0.359. The molecular formula is C19H22N2O4. The summed E-state index contributed by atoms with van der Waals surface area (Å²) in [5.41, 5.74) is 1.79. The first-order chi connectivity index (χ1) is 12.0. The van der Waals surface area contributed by atoms with E-state index in [-0.39, 0.29) is 36.5 Å². The monoisotopic (exact) mass is 342 g/mol. The minimum Gasteiger partial charge on any atom is -0.504 e. The first-order valence-electron chi connectivity index (χ1n) is 8.03. The van der Waals surface area contributed by atoms with Gasteiger partial charge in [0.05, 0.1) is 6.54 Å². The highest BCUT2D eigenvalue weighted by Crippen LogP contribution is 2.24. The van der Waals surface area contributed by atoms with Crippen LogP contribution in [0.15, 0.2) is 48.5 Å². The van der Waals surface area contributed by atoms with Crippen LogP contribution < -0.4 is 10.1 Å². The number of likely N-dealkylation sites (N-methyl/N-ethyl adjacent to an activating group) is 1. The highest BCUT2D eigenvalue weighted by molar-refractivity contribution is 5.95. The van der Waals surface area contributed by atoms with Crippen molar-refractivity contribution >= 4 is 17.5 Å². The molecule has 0 radical (unpaired) electrons. The maximum Gasteiger partial charge on any atom is 0.260 e. The van der Waals surface area contributed by atoms with Crippen LogP contribution in [-0.4, -0.2) is 42.0 Å². The first-order valence-corrected chi connectivity index (χ1v) is 8.03. The Bertz CT molecular complexity index is 746. The predicted octanol–water partition coefficient (Wildman–Crippen LogP) is 2.43. The molecular weight excluding hydrogens is 320 g/mol. The van der Waals surface area contributed by atoms with Gasteiger partial charge in [-0.2, -0.15) is 0 Å². The zero-order chi connectivity index (χ0) is 18.2. The summed E-state index contributed by atoms with van der Waals surface area (Å²) in [6, 6.07) is 13.9. The molecule has 6 heteroatoms. The Morgan fingerprint density at radius 2 is 1.80 bits per heavy atom. The molecule has 0 atom stereocenters. The van der Waals surface area contributed by atoms with Crippen molar-refractivity contribution in [2.24, 2.45) is 0 Å². The molecule has 2 N–H and O–H groups in total. The predicted molar refractivity (Wildman–Crippen MR) is 95.7 cm³/mol. The number of nitrogens with one attached hydrogen (secondary N) is 1. The second kappa shape index (κ2) is 8.73. The number of carbonyl (C=O) groups excluding carboxylic acids is 2. The van der Waals surface area contributed by atoms with Gasteiger partial charge in [-0.25, -0.2) is 0 Å². The molecule has 6 nitrogen and oxygen atoms in total. The number of rotatable bonds is 7. The topological polar surface area (TPSA) is 78.9 Å². The highest BCUT2D eigenvalue weighted by Gasteiger charge is 2.15. The molecule has 2 amide bonds. The molecule has 0 aliphatic heterocycles. The number of carbonyl (C=O) groups is 2. The van der Waals surface area contributed by atoms with Gasteiger partial charge in [-0.05, 0) is 30.2 Å². The van der Waals surface area contributed by atoms with Crippen LogP contribution in [0.2, 0.25) is 0 Å². The van der Waals surface area contributed by atoms with Crippen molar-refractivity contribution < 1.29 is 19.4 Å². The van der Waals surface area contributed by atoms with E-state index in [4.69, 9.17) is 4.74 Å². The van der Waals surface area contributed by atoms with Crippen LogP contribution in [0.5, 0.6) is 11.5 Å². The Hall–Kier alpha value is -3.02. The van der Waals surface area contributed by atoms with Crippen molar-refractivity contribution in [3.05, 3.63) is 54.1 Å². The summed E-state index contributed by atoms with van der Waals surface area (Å²) < 4.78 is 5.28. The fraction of sp³-hybridized carbons (Fsp3) is 0.263. The Morgan fingerprint density at radius 3 is 2.52 bits per heavy atom. The second-order valence-electron chi connectivity index (χ2n) is 5.57. The summed E-state index contributed by atoms with van der Waals surface area (Å²) in [7, 11) is 1.53. The van der Waals surface area contributed by atoms with Gasteiger partial charge in [-0.3, -0.25) is 9.59 Å². The SMILES string of the molecule is CCc1ccccc1NC(=O)CN(C)C(=O)COc1ccccc1O. The van der Waals surface area contributed by atoms with Gasteiger partial charge in [0, 0.05) is 12.7 Å². The van der Waals surface area contributed by atoms with Crippen LogP contribution in [-0.2, 0) is 16.0 Å². The van der Waals surface area contributed by atoms with Crippen molar-refractivity contribution in [2.45, 2.75) is 13.3 Å². The van der Waals surface area contributed by atoms with Crippen LogP contribution in [0, 0.1) is 0 Å². The number of para-hydroxylation sites is 3. The number of amides is 2. The summed E-state index contributed by atoms with van der Waals surface area (Å²) in [6.07, 6.45) is 0.805. The van der Waals surface area contributed by atoms with E-state index in [1.807, 2.05) is 31.2 Å². The molecule has 0 aliphatic rings. The molecule has 2 rings (SSSR count). The summed E-state index contributed by atoms with van der Waals surface area (Å²) in [5, 5.41) is 12.4. The molecule has 0 unspecified atom stereocenters. The van der Waals surface area contributed by atoms with Gasteiger partial charge in [0.25, 0.3) is 5.91 Å². The van der Waals surface area contributed by atoms with E-state index in [9.17, 15) is 14.7 Å².